The number of anilines is 1. The molecule has 0 saturated heterocycles. The van der Waals surface area contributed by atoms with Gasteiger partial charge in [0.15, 0.2) is 0 Å². The Hall–Kier alpha value is -3.52. The molecule has 0 spiro atoms. The number of amidine groups is 1. The molecule has 34 heavy (non-hydrogen) atoms. The van der Waals surface area contributed by atoms with Gasteiger partial charge in [-0.3, -0.25) is 14.6 Å². The van der Waals surface area contributed by atoms with Crippen LogP contribution in [0.15, 0.2) is 47.2 Å². The lowest BCUT2D eigenvalue weighted by molar-refractivity contribution is -0.127. The summed E-state index contributed by atoms with van der Waals surface area (Å²) in [4.78, 5) is 36.6. The summed E-state index contributed by atoms with van der Waals surface area (Å²) < 4.78 is 0. The summed E-state index contributed by atoms with van der Waals surface area (Å²) in [6, 6.07) is 7.13. The second-order valence-corrected chi connectivity index (χ2v) is 8.44. The molecule has 2 amide bonds. The van der Waals surface area contributed by atoms with Crippen molar-refractivity contribution in [2.24, 2.45) is 16.5 Å². The molecular weight excluding hydrogens is 428 g/mol. The molecule has 1 aromatic heterocycles. The van der Waals surface area contributed by atoms with Crippen molar-refractivity contribution in [1.82, 2.24) is 9.88 Å². The minimum absolute atomic E-state index is 0.0152. The molecule has 0 bridgehead atoms. The topological polar surface area (TPSA) is 127 Å². The van der Waals surface area contributed by atoms with Crippen LogP contribution in [0.1, 0.15) is 61.0 Å². The molecule has 0 unspecified atom stereocenters. The van der Waals surface area contributed by atoms with Crippen molar-refractivity contribution < 1.29 is 9.59 Å². The maximum Gasteiger partial charge on any atom is 0.255 e. The first-order valence-electron chi connectivity index (χ1n) is 11.9. The number of benzene rings is 1. The van der Waals surface area contributed by atoms with E-state index in [0.29, 0.717) is 48.0 Å². The number of nitrogens with zero attached hydrogens (tertiary/aromatic N) is 3. The van der Waals surface area contributed by atoms with E-state index in [2.05, 4.69) is 29.1 Å². The Labute approximate surface area is 201 Å². The van der Waals surface area contributed by atoms with E-state index in [1.807, 2.05) is 17.0 Å². The highest BCUT2D eigenvalue weighted by Crippen LogP contribution is 2.29. The van der Waals surface area contributed by atoms with Crippen molar-refractivity contribution in [3.63, 3.8) is 0 Å². The number of hydrogen-bond acceptors (Lipinski definition) is 6. The van der Waals surface area contributed by atoms with Crippen molar-refractivity contribution in [2.75, 3.05) is 25.0 Å². The highest BCUT2D eigenvalue weighted by atomic mass is 16.2. The lowest BCUT2D eigenvalue weighted by atomic mass is 10.0. The number of aromatic nitrogens is 1. The van der Waals surface area contributed by atoms with Crippen LogP contribution in [-0.2, 0) is 11.2 Å². The van der Waals surface area contributed by atoms with Gasteiger partial charge in [-0.25, -0.2) is 4.99 Å². The number of rotatable bonds is 10. The fourth-order valence-electron chi connectivity index (χ4n) is 3.93. The van der Waals surface area contributed by atoms with E-state index < -0.39 is 0 Å². The standard InChI is InChI=1S/C26H34N6O2/c1-3-10-32(11-4-2)26(34)21-13-19-7-8-20(14-23(19)31-24(28)15-21)25(33)30-22-12-18(6-5-9-27)16-29-17-22/h7-8,12-14,16-17H,3-6,9-11,15,27H2,1-2H3,(H2,28,31)(H,30,33). The molecule has 8 heteroatoms. The lowest BCUT2D eigenvalue weighted by Crippen LogP contribution is -2.34. The van der Waals surface area contributed by atoms with Gasteiger partial charge in [0.1, 0.15) is 5.84 Å². The quantitative estimate of drug-likeness (QED) is 0.497. The zero-order chi connectivity index (χ0) is 24.5. The maximum atomic E-state index is 13.1. The van der Waals surface area contributed by atoms with Gasteiger partial charge < -0.3 is 21.7 Å². The number of fused-ring (bicyclic) bond motifs is 1. The molecule has 1 aromatic carbocycles. The first kappa shape index (κ1) is 25.1. The zero-order valence-corrected chi connectivity index (χ0v) is 20.0. The number of carbonyl (C=O) groups excluding carboxylic acids is 2. The molecule has 0 atom stereocenters. The molecular formula is C26H34N6O2. The Kier molecular flexibility index (Phi) is 8.93. The van der Waals surface area contributed by atoms with Crippen LogP contribution in [0.2, 0.25) is 0 Å². The number of hydrogen-bond donors (Lipinski definition) is 3. The Bertz CT molecular complexity index is 1090. The normalized spacial score (nSPS) is 12.8. The number of aryl methyl sites for hydroxylation is 1. The van der Waals surface area contributed by atoms with Crippen LogP contribution in [0.4, 0.5) is 11.4 Å². The molecule has 2 heterocycles. The summed E-state index contributed by atoms with van der Waals surface area (Å²) in [5, 5.41) is 2.89. The Morgan fingerprint density at radius 1 is 1.12 bits per heavy atom. The van der Waals surface area contributed by atoms with Gasteiger partial charge in [0, 0.05) is 42.4 Å². The van der Waals surface area contributed by atoms with Gasteiger partial charge in [-0.05, 0) is 62.1 Å². The van der Waals surface area contributed by atoms with Crippen LogP contribution in [0.5, 0.6) is 0 Å². The van der Waals surface area contributed by atoms with Crippen molar-refractivity contribution in [1.29, 1.82) is 0 Å². The predicted octanol–water partition coefficient (Wildman–Crippen LogP) is 3.65. The number of nitrogens with two attached hydrogens (primary N) is 2. The van der Waals surface area contributed by atoms with Crippen molar-refractivity contribution in [3.05, 3.63) is 58.9 Å². The molecule has 180 valence electrons. The highest BCUT2D eigenvalue weighted by Gasteiger charge is 2.21. The number of pyridine rings is 1. The van der Waals surface area contributed by atoms with Gasteiger partial charge in [-0.1, -0.05) is 19.9 Å². The average Bonchev–Trinajstić information content (AvgIpc) is 2.99. The minimum atomic E-state index is -0.268. The predicted molar refractivity (Wildman–Crippen MR) is 137 cm³/mol. The second-order valence-electron chi connectivity index (χ2n) is 8.44. The molecule has 5 N–H and O–H groups in total. The summed E-state index contributed by atoms with van der Waals surface area (Å²) in [6.45, 7) is 6.13. The lowest BCUT2D eigenvalue weighted by Gasteiger charge is -2.22. The fourth-order valence-corrected chi connectivity index (χ4v) is 3.93. The third-order valence-corrected chi connectivity index (χ3v) is 5.53. The fraction of sp³-hybridized carbons (Fsp3) is 0.385. The minimum Gasteiger partial charge on any atom is -0.387 e. The zero-order valence-electron chi connectivity index (χ0n) is 20.0. The number of carbonyl (C=O) groups is 2. The summed E-state index contributed by atoms with van der Waals surface area (Å²) in [7, 11) is 0. The first-order chi connectivity index (χ1) is 16.4. The summed E-state index contributed by atoms with van der Waals surface area (Å²) in [5.74, 6) is 0.0649. The molecule has 2 aromatic rings. The van der Waals surface area contributed by atoms with E-state index in [1.165, 1.54) is 0 Å². The van der Waals surface area contributed by atoms with Gasteiger partial charge in [0.2, 0.25) is 5.91 Å². The molecule has 1 aliphatic heterocycles. The summed E-state index contributed by atoms with van der Waals surface area (Å²) >= 11 is 0. The van der Waals surface area contributed by atoms with Gasteiger partial charge in [-0.15, -0.1) is 0 Å². The third-order valence-electron chi connectivity index (χ3n) is 5.53. The average molecular weight is 463 g/mol. The molecule has 0 fully saturated rings. The molecule has 0 aliphatic carbocycles. The van der Waals surface area contributed by atoms with Gasteiger partial charge >= 0.3 is 0 Å². The van der Waals surface area contributed by atoms with Crippen LogP contribution in [-0.4, -0.2) is 47.2 Å². The van der Waals surface area contributed by atoms with Crippen LogP contribution in [0.25, 0.3) is 6.08 Å². The maximum absolute atomic E-state index is 13.1. The van der Waals surface area contributed by atoms with E-state index >= 15 is 0 Å². The van der Waals surface area contributed by atoms with Crippen LogP contribution >= 0.6 is 0 Å². The van der Waals surface area contributed by atoms with Crippen molar-refractivity contribution in [2.45, 2.75) is 46.0 Å². The van der Waals surface area contributed by atoms with Gasteiger partial charge in [0.25, 0.3) is 5.91 Å². The van der Waals surface area contributed by atoms with Crippen LogP contribution < -0.4 is 16.8 Å². The number of nitrogens with one attached hydrogen (secondary N) is 1. The largest absolute Gasteiger partial charge is 0.387 e. The number of amides is 2. The summed E-state index contributed by atoms with van der Waals surface area (Å²) in [5.41, 5.74) is 15.8. The van der Waals surface area contributed by atoms with Gasteiger partial charge in [0.05, 0.1) is 17.6 Å². The monoisotopic (exact) mass is 462 g/mol. The van der Waals surface area contributed by atoms with E-state index in [-0.39, 0.29) is 18.2 Å². The highest BCUT2D eigenvalue weighted by molar-refractivity contribution is 6.07. The molecule has 0 radical (unpaired) electrons. The van der Waals surface area contributed by atoms with Crippen molar-refractivity contribution in [3.8, 4) is 0 Å². The van der Waals surface area contributed by atoms with Gasteiger partial charge in [-0.2, -0.15) is 0 Å². The van der Waals surface area contributed by atoms with Crippen LogP contribution in [0.3, 0.4) is 0 Å². The smallest absolute Gasteiger partial charge is 0.255 e. The SMILES string of the molecule is CCCN(CCC)C(=O)C1=Cc2ccc(C(=O)Nc3cncc(CCCN)c3)cc2N=C(N)C1. The Balaban J connectivity index is 1.82. The van der Waals surface area contributed by atoms with E-state index in [0.717, 1.165) is 36.8 Å². The van der Waals surface area contributed by atoms with Crippen LogP contribution in [0, 0.1) is 0 Å². The molecule has 3 rings (SSSR count). The number of aliphatic imine (C=N–C) groups is 1. The third kappa shape index (κ3) is 6.51. The molecule has 1 aliphatic rings. The summed E-state index contributed by atoms with van der Waals surface area (Å²) in [6.07, 6.45) is 8.95. The molecule has 8 nitrogen and oxygen atoms in total. The van der Waals surface area contributed by atoms with E-state index in [9.17, 15) is 9.59 Å². The first-order valence-corrected chi connectivity index (χ1v) is 11.9. The molecule has 0 saturated carbocycles. The van der Waals surface area contributed by atoms with Crippen molar-refractivity contribution >= 4 is 35.1 Å². The Morgan fingerprint density at radius 3 is 2.59 bits per heavy atom. The van der Waals surface area contributed by atoms with E-state index in [1.54, 1.807) is 30.6 Å². The second kappa shape index (κ2) is 12.1. The Morgan fingerprint density at radius 2 is 1.88 bits per heavy atom. The van der Waals surface area contributed by atoms with E-state index in [4.69, 9.17) is 11.5 Å².